The molecule has 0 aromatic rings. The highest BCUT2D eigenvalue weighted by atomic mass is 127. The van der Waals surface area contributed by atoms with Crippen molar-refractivity contribution >= 4 is 41.7 Å². The zero-order valence-electron chi connectivity index (χ0n) is 12.5. The molecule has 0 atom stereocenters. The third kappa shape index (κ3) is 9.27. The van der Waals surface area contributed by atoms with E-state index in [-0.39, 0.29) is 29.5 Å². The molecule has 0 spiro atoms. The van der Waals surface area contributed by atoms with Gasteiger partial charge in [-0.1, -0.05) is 0 Å². The van der Waals surface area contributed by atoms with E-state index in [0.29, 0.717) is 0 Å². The molecule has 0 saturated carbocycles. The van der Waals surface area contributed by atoms with Crippen LogP contribution in [0.1, 0.15) is 20.8 Å². The van der Waals surface area contributed by atoms with Crippen LogP contribution in [0.3, 0.4) is 0 Å². The second-order valence-electron chi connectivity index (χ2n) is 4.82. The molecule has 0 aromatic heterocycles. The van der Waals surface area contributed by atoms with E-state index in [2.05, 4.69) is 61.6 Å². The lowest BCUT2D eigenvalue weighted by atomic mass is 10.1. The van der Waals surface area contributed by atoms with Crippen molar-refractivity contribution in [2.24, 2.45) is 4.99 Å². The molecule has 6 heteroatoms. The predicted molar refractivity (Wildman–Crippen MR) is 95.5 cm³/mol. The number of nitrogens with zero attached hydrogens (tertiary/aromatic N) is 2. The number of thioether (sulfide) groups is 1. The first-order chi connectivity index (χ1) is 7.94. The van der Waals surface area contributed by atoms with Crippen LogP contribution in [0.4, 0.5) is 0 Å². The van der Waals surface area contributed by atoms with Crippen molar-refractivity contribution in [1.82, 2.24) is 15.5 Å². The fourth-order valence-electron chi connectivity index (χ4n) is 1.03. The molecule has 0 aliphatic carbocycles. The molecule has 0 aliphatic rings. The van der Waals surface area contributed by atoms with E-state index in [1.54, 1.807) is 0 Å². The Kier molecular flexibility index (Phi) is 12.8. The van der Waals surface area contributed by atoms with Crippen molar-refractivity contribution in [2.45, 2.75) is 26.3 Å². The molecule has 0 amide bonds. The van der Waals surface area contributed by atoms with Crippen LogP contribution in [0.15, 0.2) is 4.99 Å². The molecular weight excluding hydrogens is 359 g/mol. The Morgan fingerprint density at radius 2 is 1.89 bits per heavy atom. The topological polar surface area (TPSA) is 39.7 Å². The third-order valence-corrected chi connectivity index (χ3v) is 3.39. The largest absolute Gasteiger partial charge is 0.357 e. The fourth-order valence-corrected chi connectivity index (χ4v) is 1.33. The highest BCUT2D eigenvalue weighted by molar-refractivity contribution is 14.0. The number of likely N-dealkylation sites (N-methyl/N-ethyl adjacent to an activating group) is 1. The van der Waals surface area contributed by atoms with Crippen LogP contribution in [0.5, 0.6) is 0 Å². The standard InChI is InChI=1S/C12H28N4S.HI/c1-7-13-11(14-8-9-17-6)15-10-12(2,3)16(4)5;/h7-10H2,1-6H3,(H2,13,14,15);1H. The molecule has 0 fully saturated rings. The van der Waals surface area contributed by atoms with Gasteiger partial charge in [0.1, 0.15) is 0 Å². The first-order valence-corrected chi connectivity index (χ1v) is 7.52. The summed E-state index contributed by atoms with van der Waals surface area (Å²) in [5, 5.41) is 6.60. The average Bonchev–Trinajstić information content (AvgIpc) is 2.26. The van der Waals surface area contributed by atoms with Gasteiger partial charge in [0.2, 0.25) is 0 Å². The lowest BCUT2D eigenvalue weighted by Gasteiger charge is -2.31. The third-order valence-electron chi connectivity index (χ3n) is 2.78. The number of guanidine groups is 1. The average molecular weight is 388 g/mol. The maximum absolute atomic E-state index is 4.62. The van der Waals surface area contributed by atoms with Gasteiger partial charge in [0.15, 0.2) is 5.96 Å². The number of aliphatic imine (C=N–C) groups is 1. The van der Waals surface area contributed by atoms with Gasteiger partial charge in [-0.05, 0) is 41.1 Å². The lowest BCUT2D eigenvalue weighted by molar-refractivity contribution is 0.204. The smallest absolute Gasteiger partial charge is 0.191 e. The number of hydrogen-bond donors (Lipinski definition) is 2. The second-order valence-corrected chi connectivity index (χ2v) is 5.81. The minimum atomic E-state index is 0. The van der Waals surface area contributed by atoms with Crippen LogP contribution in [-0.4, -0.2) is 62.1 Å². The molecule has 0 radical (unpaired) electrons. The van der Waals surface area contributed by atoms with E-state index in [4.69, 9.17) is 0 Å². The zero-order valence-corrected chi connectivity index (χ0v) is 15.7. The Morgan fingerprint density at radius 3 is 2.33 bits per heavy atom. The molecule has 4 nitrogen and oxygen atoms in total. The molecule has 0 heterocycles. The van der Waals surface area contributed by atoms with E-state index in [1.165, 1.54) is 0 Å². The summed E-state index contributed by atoms with van der Waals surface area (Å²) < 4.78 is 0. The molecule has 2 N–H and O–H groups in total. The van der Waals surface area contributed by atoms with E-state index >= 15 is 0 Å². The Labute approximate surface area is 134 Å². The first kappa shape index (κ1) is 20.6. The van der Waals surface area contributed by atoms with Gasteiger partial charge >= 0.3 is 0 Å². The Hall–Kier alpha value is 0.310. The van der Waals surface area contributed by atoms with Crippen LogP contribution in [-0.2, 0) is 0 Å². The molecule has 0 aromatic carbocycles. The minimum Gasteiger partial charge on any atom is -0.357 e. The Balaban J connectivity index is 0. The molecule has 110 valence electrons. The predicted octanol–water partition coefficient (Wildman–Crippen LogP) is 1.86. The SMILES string of the molecule is CCNC(=NCC(C)(C)N(C)C)NCCSC.I. The van der Waals surface area contributed by atoms with E-state index < -0.39 is 0 Å². The normalized spacial score (nSPS) is 12.3. The number of halogens is 1. The zero-order chi connectivity index (χ0) is 13.3. The summed E-state index contributed by atoms with van der Waals surface area (Å²) in [5.41, 5.74) is 0.0852. The maximum atomic E-state index is 4.62. The van der Waals surface area contributed by atoms with Crippen LogP contribution < -0.4 is 10.6 Å². The van der Waals surface area contributed by atoms with Gasteiger partial charge in [-0.2, -0.15) is 11.8 Å². The summed E-state index contributed by atoms with van der Waals surface area (Å²) >= 11 is 1.84. The maximum Gasteiger partial charge on any atom is 0.191 e. The fraction of sp³-hybridized carbons (Fsp3) is 0.917. The Morgan fingerprint density at radius 1 is 1.28 bits per heavy atom. The van der Waals surface area contributed by atoms with Crippen molar-refractivity contribution in [2.75, 3.05) is 45.7 Å². The molecule has 0 bridgehead atoms. The second kappa shape index (κ2) is 11.2. The van der Waals surface area contributed by atoms with E-state index in [1.807, 2.05) is 11.8 Å². The monoisotopic (exact) mass is 388 g/mol. The van der Waals surface area contributed by atoms with Crippen molar-refractivity contribution in [3.05, 3.63) is 0 Å². The van der Waals surface area contributed by atoms with Gasteiger partial charge in [0, 0.05) is 24.4 Å². The van der Waals surface area contributed by atoms with Crippen LogP contribution in [0, 0.1) is 0 Å². The molecule has 0 saturated heterocycles. The number of rotatable bonds is 7. The molecular formula is C12H29IN4S. The summed E-state index contributed by atoms with van der Waals surface area (Å²) in [6.07, 6.45) is 2.11. The molecule has 0 aliphatic heterocycles. The van der Waals surface area contributed by atoms with Gasteiger partial charge in [0.05, 0.1) is 6.54 Å². The van der Waals surface area contributed by atoms with Crippen LogP contribution in [0.2, 0.25) is 0 Å². The van der Waals surface area contributed by atoms with Crippen molar-refractivity contribution < 1.29 is 0 Å². The van der Waals surface area contributed by atoms with Gasteiger partial charge in [0.25, 0.3) is 0 Å². The van der Waals surface area contributed by atoms with Crippen molar-refractivity contribution in [3.8, 4) is 0 Å². The van der Waals surface area contributed by atoms with Gasteiger partial charge in [-0.15, -0.1) is 24.0 Å². The van der Waals surface area contributed by atoms with Crippen molar-refractivity contribution in [3.63, 3.8) is 0 Å². The minimum absolute atomic E-state index is 0. The Bertz CT molecular complexity index is 232. The molecule has 18 heavy (non-hydrogen) atoms. The number of hydrogen-bond acceptors (Lipinski definition) is 3. The summed E-state index contributed by atoms with van der Waals surface area (Å²) in [5.74, 6) is 2.01. The first-order valence-electron chi connectivity index (χ1n) is 6.12. The summed E-state index contributed by atoms with van der Waals surface area (Å²) in [6.45, 7) is 9.12. The van der Waals surface area contributed by atoms with E-state index in [9.17, 15) is 0 Å². The summed E-state index contributed by atoms with van der Waals surface area (Å²) in [6, 6.07) is 0. The van der Waals surface area contributed by atoms with Gasteiger partial charge in [-0.25, -0.2) is 0 Å². The van der Waals surface area contributed by atoms with Gasteiger partial charge < -0.3 is 15.5 Å². The van der Waals surface area contributed by atoms with E-state index in [0.717, 1.165) is 31.3 Å². The summed E-state index contributed by atoms with van der Waals surface area (Å²) in [4.78, 5) is 6.82. The molecule has 0 rings (SSSR count). The lowest BCUT2D eigenvalue weighted by Crippen LogP contribution is -2.44. The van der Waals surface area contributed by atoms with Crippen molar-refractivity contribution in [1.29, 1.82) is 0 Å². The quantitative estimate of drug-likeness (QED) is 0.302. The highest BCUT2D eigenvalue weighted by Crippen LogP contribution is 2.09. The summed E-state index contributed by atoms with van der Waals surface area (Å²) in [7, 11) is 4.17. The van der Waals surface area contributed by atoms with Gasteiger partial charge in [-0.3, -0.25) is 4.99 Å². The highest BCUT2D eigenvalue weighted by Gasteiger charge is 2.19. The number of nitrogens with one attached hydrogen (secondary N) is 2. The van der Waals surface area contributed by atoms with Crippen LogP contribution in [0.25, 0.3) is 0 Å². The molecule has 0 unspecified atom stereocenters. The van der Waals surface area contributed by atoms with Crippen LogP contribution >= 0.6 is 35.7 Å².